The molecule has 0 amide bonds. The summed E-state index contributed by atoms with van der Waals surface area (Å²) in [6, 6.07) is 3.42. The summed E-state index contributed by atoms with van der Waals surface area (Å²) in [5.74, 6) is 0. The molecular formula is C11H17N3O2S. The van der Waals surface area contributed by atoms with E-state index in [0.29, 0.717) is 6.54 Å². The van der Waals surface area contributed by atoms with Crippen molar-refractivity contribution in [2.45, 2.75) is 36.9 Å². The van der Waals surface area contributed by atoms with Gasteiger partial charge in [0.1, 0.15) is 0 Å². The summed E-state index contributed by atoms with van der Waals surface area (Å²) in [4.78, 5) is 3.99. The number of pyridine rings is 1. The van der Waals surface area contributed by atoms with Gasteiger partial charge in [-0.05, 0) is 31.5 Å². The van der Waals surface area contributed by atoms with Crippen LogP contribution in [0.2, 0.25) is 0 Å². The molecule has 1 aliphatic carbocycles. The van der Waals surface area contributed by atoms with Crippen LogP contribution < -0.4 is 10.0 Å². The lowest BCUT2D eigenvalue weighted by Gasteiger charge is -2.25. The molecule has 2 N–H and O–H groups in total. The zero-order valence-corrected chi connectivity index (χ0v) is 10.6. The second-order valence-electron chi connectivity index (χ2n) is 4.28. The smallest absolute Gasteiger partial charge is 0.258 e. The Bertz CT molecular complexity index is 466. The number of sulfonamides is 1. The van der Waals surface area contributed by atoms with E-state index in [4.69, 9.17) is 0 Å². The molecule has 1 aliphatic rings. The van der Waals surface area contributed by atoms with Crippen molar-refractivity contribution in [1.82, 2.24) is 15.0 Å². The van der Waals surface area contributed by atoms with Crippen LogP contribution in [-0.2, 0) is 16.6 Å². The first-order valence-corrected chi connectivity index (χ1v) is 7.22. The maximum Gasteiger partial charge on any atom is 0.258 e. The van der Waals surface area contributed by atoms with Crippen molar-refractivity contribution in [3.63, 3.8) is 0 Å². The first-order valence-electron chi connectivity index (χ1n) is 5.74. The number of aromatic nitrogens is 1. The van der Waals surface area contributed by atoms with Crippen LogP contribution in [0.4, 0.5) is 0 Å². The Morgan fingerprint density at radius 3 is 2.65 bits per heavy atom. The molecule has 1 fully saturated rings. The number of hydrogen-bond acceptors (Lipinski definition) is 4. The summed E-state index contributed by atoms with van der Waals surface area (Å²) < 4.78 is 26.5. The van der Waals surface area contributed by atoms with Gasteiger partial charge in [-0.1, -0.05) is 12.5 Å². The highest BCUT2D eigenvalue weighted by molar-refractivity contribution is 7.89. The van der Waals surface area contributed by atoms with Crippen LogP contribution in [0.3, 0.4) is 0 Å². The Morgan fingerprint density at radius 1 is 1.41 bits per heavy atom. The molecule has 1 saturated carbocycles. The predicted octanol–water partition coefficient (Wildman–Crippen LogP) is 0.632. The van der Waals surface area contributed by atoms with E-state index in [-0.39, 0.29) is 11.1 Å². The largest absolute Gasteiger partial charge is 0.316 e. The third-order valence-corrected chi connectivity index (χ3v) is 4.32. The van der Waals surface area contributed by atoms with Crippen molar-refractivity contribution in [2.24, 2.45) is 0 Å². The Labute approximate surface area is 102 Å². The average Bonchev–Trinajstić information content (AvgIpc) is 2.25. The molecule has 1 heterocycles. The molecule has 0 spiro atoms. The SMILES string of the molecule is CNCc1ccc(S(=O)(=O)NC2CCC2)nc1. The molecule has 1 aromatic rings. The van der Waals surface area contributed by atoms with Crippen molar-refractivity contribution in [3.05, 3.63) is 23.9 Å². The van der Waals surface area contributed by atoms with Gasteiger partial charge in [0.05, 0.1) is 0 Å². The Hall–Kier alpha value is -0.980. The molecule has 2 rings (SSSR count). The van der Waals surface area contributed by atoms with Crippen LogP contribution >= 0.6 is 0 Å². The van der Waals surface area contributed by atoms with Crippen molar-refractivity contribution < 1.29 is 8.42 Å². The quantitative estimate of drug-likeness (QED) is 0.809. The van der Waals surface area contributed by atoms with Gasteiger partial charge in [0.2, 0.25) is 0 Å². The van der Waals surface area contributed by atoms with Gasteiger partial charge in [-0.2, -0.15) is 0 Å². The van der Waals surface area contributed by atoms with E-state index in [1.165, 1.54) is 0 Å². The summed E-state index contributed by atoms with van der Waals surface area (Å²) in [5, 5.41) is 3.09. The highest BCUT2D eigenvalue weighted by atomic mass is 32.2. The monoisotopic (exact) mass is 255 g/mol. The highest BCUT2D eigenvalue weighted by Crippen LogP contribution is 2.20. The topological polar surface area (TPSA) is 71.1 Å². The van der Waals surface area contributed by atoms with Crippen molar-refractivity contribution in [3.8, 4) is 0 Å². The fraction of sp³-hybridized carbons (Fsp3) is 0.545. The number of hydrogen-bond donors (Lipinski definition) is 2. The van der Waals surface area contributed by atoms with Crippen molar-refractivity contribution in [1.29, 1.82) is 0 Å². The summed E-state index contributed by atoms with van der Waals surface area (Å²) in [7, 11) is -1.60. The molecule has 0 bridgehead atoms. The van der Waals surface area contributed by atoms with Crippen LogP contribution in [0.1, 0.15) is 24.8 Å². The molecule has 94 valence electrons. The molecule has 6 heteroatoms. The van der Waals surface area contributed by atoms with Crippen LogP contribution in [0.25, 0.3) is 0 Å². The summed E-state index contributed by atoms with van der Waals surface area (Å²) in [5.41, 5.74) is 0.968. The van der Waals surface area contributed by atoms with Crippen LogP contribution in [0.5, 0.6) is 0 Å². The molecule has 0 aliphatic heterocycles. The fourth-order valence-electron chi connectivity index (χ4n) is 1.68. The van der Waals surface area contributed by atoms with Gasteiger partial charge in [0.15, 0.2) is 5.03 Å². The molecule has 0 radical (unpaired) electrons. The number of nitrogens with one attached hydrogen (secondary N) is 2. The van der Waals surface area contributed by atoms with E-state index in [1.54, 1.807) is 18.3 Å². The predicted molar refractivity (Wildman–Crippen MR) is 65.0 cm³/mol. The van der Waals surface area contributed by atoms with Gasteiger partial charge < -0.3 is 5.32 Å². The van der Waals surface area contributed by atoms with Gasteiger partial charge >= 0.3 is 0 Å². The van der Waals surface area contributed by atoms with E-state index in [2.05, 4.69) is 15.0 Å². The van der Waals surface area contributed by atoms with E-state index in [1.807, 2.05) is 7.05 Å². The fourth-order valence-corrected chi connectivity index (χ4v) is 2.92. The maximum atomic E-state index is 11.9. The maximum absolute atomic E-state index is 11.9. The normalized spacial score (nSPS) is 16.8. The zero-order valence-electron chi connectivity index (χ0n) is 9.81. The first-order chi connectivity index (χ1) is 8.12. The summed E-state index contributed by atoms with van der Waals surface area (Å²) in [6.45, 7) is 0.684. The number of nitrogens with zero attached hydrogens (tertiary/aromatic N) is 1. The molecule has 0 unspecified atom stereocenters. The second kappa shape index (κ2) is 5.12. The number of rotatable bonds is 5. The standard InChI is InChI=1S/C11H17N3O2S/c1-12-7-9-5-6-11(13-8-9)17(15,16)14-10-3-2-4-10/h5-6,8,10,12,14H,2-4,7H2,1H3. The minimum Gasteiger partial charge on any atom is -0.316 e. The van der Waals surface area contributed by atoms with Gasteiger partial charge in [0, 0.05) is 18.8 Å². The van der Waals surface area contributed by atoms with E-state index in [0.717, 1.165) is 24.8 Å². The Balaban J connectivity index is 2.09. The van der Waals surface area contributed by atoms with Gasteiger partial charge in [-0.3, -0.25) is 0 Å². The molecule has 0 atom stereocenters. The van der Waals surface area contributed by atoms with Crippen molar-refractivity contribution in [2.75, 3.05) is 7.05 Å². The minimum atomic E-state index is -3.43. The molecule has 0 aromatic carbocycles. The van der Waals surface area contributed by atoms with Crippen LogP contribution in [0, 0.1) is 0 Å². The lowest BCUT2D eigenvalue weighted by atomic mass is 9.94. The third-order valence-electron chi connectivity index (χ3n) is 2.88. The second-order valence-corrected chi connectivity index (χ2v) is 5.94. The molecule has 1 aromatic heterocycles. The van der Waals surface area contributed by atoms with Crippen LogP contribution in [0.15, 0.2) is 23.4 Å². The highest BCUT2D eigenvalue weighted by Gasteiger charge is 2.25. The minimum absolute atomic E-state index is 0.0961. The summed E-state index contributed by atoms with van der Waals surface area (Å²) >= 11 is 0. The van der Waals surface area contributed by atoms with Gasteiger partial charge in [-0.15, -0.1) is 0 Å². The van der Waals surface area contributed by atoms with Gasteiger partial charge in [-0.25, -0.2) is 18.1 Å². The third kappa shape index (κ3) is 3.02. The van der Waals surface area contributed by atoms with E-state index in [9.17, 15) is 8.42 Å². The molecule has 0 saturated heterocycles. The lowest BCUT2D eigenvalue weighted by molar-refractivity contribution is 0.383. The van der Waals surface area contributed by atoms with Gasteiger partial charge in [0.25, 0.3) is 10.0 Å². The Kier molecular flexibility index (Phi) is 3.76. The van der Waals surface area contributed by atoms with E-state index >= 15 is 0 Å². The lowest BCUT2D eigenvalue weighted by Crippen LogP contribution is -2.39. The molecular weight excluding hydrogens is 238 g/mol. The van der Waals surface area contributed by atoms with E-state index < -0.39 is 10.0 Å². The Morgan fingerprint density at radius 2 is 2.18 bits per heavy atom. The van der Waals surface area contributed by atoms with Crippen LogP contribution in [-0.4, -0.2) is 26.5 Å². The molecule has 5 nitrogen and oxygen atoms in total. The summed E-state index contributed by atoms with van der Waals surface area (Å²) in [6.07, 6.45) is 4.54. The zero-order chi connectivity index (χ0) is 12.3. The first kappa shape index (κ1) is 12.5. The van der Waals surface area contributed by atoms with Crippen molar-refractivity contribution >= 4 is 10.0 Å². The average molecular weight is 255 g/mol. The molecule has 17 heavy (non-hydrogen) atoms.